The molecule has 1 aliphatic rings. The molecule has 1 heterocycles. The fraction of sp³-hybridized carbons (Fsp3) is 0.769. The van der Waals surface area contributed by atoms with Crippen molar-refractivity contribution in [3.63, 3.8) is 0 Å². The van der Waals surface area contributed by atoms with Crippen LogP contribution in [0.2, 0.25) is 0 Å². The van der Waals surface area contributed by atoms with Gasteiger partial charge in [-0.3, -0.25) is 0 Å². The van der Waals surface area contributed by atoms with Gasteiger partial charge in [-0.2, -0.15) is 0 Å². The van der Waals surface area contributed by atoms with Crippen LogP contribution in [0, 0.1) is 19.8 Å². The van der Waals surface area contributed by atoms with Crippen LogP contribution in [-0.4, -0.2) is 17.6 Å². The highest BCUT2D eigenvalue weighted by Crippen LogP contribution is 2.21. The first-order valence-electron chi connectivity index (χ1n) is 6.31. The van der Waals surface area contributed by atoms with Crippen molar-refractivity contribution >= 4 is 11.3 Å². The minimum absolute atomic E-state index is 0.700. The summed E-state index contributed by atoms with van der Waals surface area (Å²) in [6.07, 6.45) is 5.29. The molecule has 3 heteroatoms. The van der Waals surface area contributed by atoms with E-state index < -0.39 is 0 Å². The normalized spacial score (nSPS) is 18.4. The number of thiazole rings is 1. The molecule has 1 aromatic heterocycles. The van der Waals surface area contributed by atoms with E-state index in [1.165, 1.54) is 34.8 Å². The predicted molar refractivity (Wildman–Crippen MR) is 70.1 cm³/mol. The highest BCUT2D eigenvalue weighted by molar-refractivity contribution is 7.11. The summed E-state index contributed by atoms with van der Waals surface area (Å²) in [7, 11) is 0. The molecule has 1 aliphatic carbocycles. The second kappa shape index (κ2) is 5.28. The molecule has 0 aliphatic heterocycles. The average Bonchev–Trinajstić information content (AvgIpc) is 2.43. The molecule has 0 aromatic carbocycles. The first kappa shape index (κ1) is 12.1. The second-order valence-corrected chi connectivity index (χ2v) is 6.38. The van der Waals surface area contributed by atoms with Crippen LogP contribution in [0.25, 0.3) is 0 Å². The maximum absolute atomic E-state index is 4.60. The van der Waals surface area contributed by atoms with Crippen LogP contribution in [0.3, 0.4) is 0 Å². The third kappa shape index (κ3) is 3.05. The zero-order valence-electron chi connectivity index (χ0n) is 10.5. The molecule has 1 aromatic rings. The molecule has 0 spiro atoms. The van der Waals surface area contributed by atoms with Gasteiger partial charge in [0.1, 0.15) is 0 Å². The van der Waals surface area contributed by atoms with Gasteiger partial charge in [-0.25, -0.2) is 4.98 Å². The first-order valence-corrected chi connectivity index (χ1v) is 7.13. The number of rotatable bonds is 5. The summed E-state index contributed by atoms with van der Waals surface area (Å²) in [6.45, 7) is 7.72. The van der Waals surface area contributed by atoms with Crippen LogP contribution in [-0.2, 0) is 6.42 Å². The fourth-order valence-corrected chi connectivity index (χ4v) is 3.07. The van der Waals surface area contributed by atoms with Crippen LogP contribution >= 0.6 is 11.3 Å². The maximum Gasteiger partial charge on any atom is 0.0934 e. The lowest BCUT2D eigenvalue weighted by Gasteiger charge is -2.27. The van der Waals surface area contributed by atoms with Crippen molar-refractivity contribution in [2.75, 3.05) is 6.54 Å². The fourth-order valence-electron chi connectivity index (χ4n) is 1.98. The van der Waals surface area contributed by atoms with Crippen LogP contribution in [0.5, 0.6) is 0 Å². The number of hydrogen-bond acceptors (Lipinski definition) is 3. The molecule has 90 valence electrons. The van der Waals surface area contributed by atoms with E-state index in [1.807, 2.05) is 11.3 Å². The lowest BCUT2D eigenvalue weighted by atomic mass is 9.92. The summed E-state index contributed by atoms with van der Waals surface area (Å²) in [6, 6.07) is 0.808. The van der Waals surface area contributed by atoms with Gasteiger partial charge < -0.3 is 5.32 Å². The molecule has 2 rings (SSSR count). The highest BCUT2D eigenvalue weighted by atomic mass is 32.1. The quantitative estimate of drug-likeness (QED) is 0.852. The summed E-state index contributed by atoms with van der Waals surface area (Å²) < 4.78 is 0. The molecule has 0 radical (unpaired) electrons. The minimum atomic E-state index is 0.700. The Hall–Kier alpha value is -0.410. The zero-order chi connectivity index (χ0) is 11.5. The van der Waals surface area contributed by atoms with E-state index in [1.54, 1.807) is 0 Å². The van der Waals surface area contributed by atoms with Crippen molar-refractivity contribution in [2.24, 2.45) is 5.92 Å². The summed E-state index contributed by atoms with van der Waals surface area (Å²) in [4.78, 5) is 5.97. The largest absolute Gasteiger partial charge is 0.314 e. The van der Waals surface area contributed by atoms with Crippen molar-refractivity contribution in [3.05, 3.63) is 15.6 Å². The minimum Gasteiger partial charge on any atom is -0.314 e. The van der Waals surface area contributed by atoms with Gasteiger partial charge >= 0.3 is 0 Å². The molecule has 1 fully saturated rings. The Labute approximate surface area is 102 Å². The first-order chi connectivity index (χ1) is 7.65. The summed E-state index contributed by atoms with van der Waals surface area (Å²) in [5.41, 5.74) is 1.21. The number of nitrogens with zero attached hydrogens (tertiary/aromatic N) is 1. The molecule has 1 atom stereocenters. The lowest BCUT2D eigenvalue weighted by Crippen LogP contribution is -2.38. The standard InChI is InChI=1S/C13H22N2S/c1-9(8-14-12-5-4-6-12)7-13-15-10(2)11(3)16-13/h9,12,14H,4-8H2,1-3H3. The van der Waals surface area contributed by atoms with Gasteiger partial charge in [0.05, 0.1) is 10.7 Å². The number of aromatic nitrogens is 1. The summed E-state index contributed by atoms with van der Waals surface area (Å²) >= 11 is 1.86. The third-order valence-electron chi connectivity index (χ3n) is 3.46. The maximum atomic E-state index is 4.60. The van der Waals surface area contributed by atoms with Gasteiger partial charge in [0, 0.05) is 17.3 Å². The molecule has 1 saturated carbocycles. The van der Waals surface area contributed by atoms with Crippen molar-refractivity contribution in [3.8, 4) is 0 Å². The van der Waals surface area contributed by atoms with E-state index in [9.17, 15) is 0 Å². The predicted octanol–water partition coefficient (Wildman–Crippen LogP) is 3.08. The van der Waals surface area contributed by atoms with Crippen LogP contribution in [0.1, 0.15) is 41.8 Å². The Kier molecular flexibility index (Phi) is 3.98. The van der Waals surface area contributed by atoms with Crippen molar-refractivity contribution < 1.29 is 0 Å². The molecular formula is C13H22N2S. The molecule has 2 nitrogen and oxygen atoms in total. The summed E-state index contributed by atoms with van der Waals surface area (Å²) in [5.74, 6) is 0.700. The monoisotopic (exact) mass is 238 g/mol. The molecule has 1 unspecified atom stereocenters. The van der Waals surface area contributed by atoms with Gasteiger partial charge in [-0.1, -0.05) is 13.3 Å². The van der Waals surface area contributed by atoms with Gasteiger partial charge in [-0.15, -0.1) is 11.3 Å². The van der Waals surface area contributed by atoms with E-state index in [-0.39, 0.29) is 0 Å². The zero-order valence-corrected chi connectivity index (χ0v) is 11.4. The smallest absolute Gasteiger partial charge is 0.0934 e. The topological polar surface area (TPSA) is 24.9 Å². The van der Waals surface area contributed by atoms with Crippen molar-refractivity contribution in [1.29, 1.82) is 0 Å². The molecule has 0 saturated heterocycles. The lowest BCUT2D eigenvalue weighted by molar-refractivity contribution is 0.320. The van der Waals surface area contributed by atoms with Crippen molar-refractivity contribution in [2.45, 2.75) is 52.5 Å². The number of nitrogens with one attached hydrogen (secondary N) is 1. The van der Waals surface area contributed by atoms with Crippen LogP contribution < -0.4 is 5.32 Å². The number of aryl methyl sites for hydroxylation is 2. The van der Waals surface area contributed by atoms with E-state index in [0.717, 1.165) is 19.0 Å². The second-order valence-electron chi connectivity index (χ2n) is 5.09. The molecule has 16 heavy (non-hydrogen) atoms. The van der Waals surface area contributed by atoms with Crippen LogP contribution in [0.15, 0.2) is 0 Å². The average molecular weight is 238 g/mol. The van der Waals surface area contributed by atoms with E-state index >= 15 is 0 Å². The van der Waals surface area contributed by atoms with Crippen LogP contribution in [0.4, 0.5) is 0 Å². The SMILES string of the molecule is Cc1nc(CC(C)CNC2CCC2)sc1C. The number of hydrogen-bond donors (Lipinski definition) is 1. The van der Waals surface area contributed by atoms with Gasteiger partial charge in [0.15, 0.2) is 0 Å². The van der Waals surface area contributed by atoms with E-state index in [0.29, 0.717) is 5.92 Å². The Morgan fingerprint density at radius 2 is 2.19 bits per heavy atom. The Morgan fingerprint density at radius 1 is 1.44 bits per heavy atom. The third-order valence-corrected chi connectivity index (χ3v) is 4.55. The van der Waals surface area contributed by atoms with Gasteiger partial charge in [0.25, 0.3) is 0 Å². The van der Waals surface area contributed by atoms with Gasteiger partial charge in [0.2, 0.25) is 0 Å². The Bertz CT molecular complexity index is 322. The molecule has 0 amide bonds. The molecule has 0 bridgehead atoms. The van der Waals surface area contributed by atoms with Gasteiger partial charge in [-0.05, 0) is 39.2 Å². The molecular weight excluding hydrogens is 216 g/mol. The molecule has 1 N–H and O–H groups in total. The van der Waals surface area contributed by atoms with E-state index in [4.69, 9.17) is 0 Å². The van der Waals surface area contributed by atoms with Crippen molar-refractivity contribution in [1.82, 2.24) is 10.3 Å². The summed E-state index contributed by atoms with van der Waals surface area (Å²) in [5, 5.41) is 4.94. The Morgan fingerprint density at radius 3 is 2.69 bits per heavy atom. The Balaban J connectivity index is 1.75. The highest BCUT2D eigenvalue weighted by Gasteiger charge is 2.17. The van der Waals surface area contributed by atoms with E-state index in [2.05, 4.69) is 31.1 Å².